The number of ether oxygens (including phenoxy) is 1. The molecule has 0 bridgehead atoms. The molecule has 0 amide bonds. The molecule has 1 saturated carbocycles. The molecule has 96 valence electrons. The van der Waals surface area contributed by atoms with Crippen LogP contribution in [0.3, 0.4) is 0 Å². The first kappa shape index (κ1) is 13.9. The van der Waals surface area contributed by atoms with E-state index in [1.165, 1.54) is 25.7 Å². The molecule has 1 N–H and O–H groups in total. The lowest BCUT2D eigenvalue weighted by Gasteiger charge is -2.19. The Morgan fingerprint density at radius 2 is 2.06 bits per heavy atom. The minimum Gasteiger partial charge on any atom is -0.379 e. The normalized spacial score (nSPS) is 25.5. The van der Waals surface area contributed by atoms with E-state index in [2.05, 4.69) is 31.2 Å². The summed E-state index contributed by atoms with van der Waals surface area (Å²) in [6.07, 6.45) is 5.49. The summed E-state index contributed by atoms with van der Waals surface area (Å²) in [4.78, 5) is 2.15. The van der Waals surface area contributed by atoms with E-state index in [4.69, 9.17) is 4.74 Å². The molecule has 16 heavy (non-hydrogen) atoms. The van der Waals surface area contributed by atoms with E-state index in [-0.39, 0.29) is 0 Å². The summed E-state index contributed by atoms with van der Waals surface area (Å²) < 4.78 is 5.57. The van der Waals surface area contributed by atoms with Crippen molar-refractivity contribution in [2.24, 2.45) is 5.92 Å². The van der Waals surface area contributed by atoms with Crippen LogP contribution in [0.1, 0.15) is 32.6 Å². The maximum Gasteiger partial charge on any atom is 0.0593 e. The molecule has 0 heterocycles. The molecule has 0 aromatic heterocycles. The quantitative estimate of drug-likeness (QED) is 0.640. The predicted octanol–water partition coefficient (Wildman–Crippen LogP) is 1.73. The van der Waals surface area contributed by atoms with Crippen LogP contribution in [0.25, 0.3) is 0 Å². The second-order valence-corrected chi connectivity index (χ2v) is 5.08. The van der Waals surface area contributed by atoms with Crippen LogP contribution < -0.4 is 5.32 Å². The molecule has 0 saturated heterocycles. The molecule has 2 atom stereocenters. The van der Waals surface area contributed by atoms with Crippen molar-refractivity contribution in [1.29, 1.82) is 0 Å². The van der Waals surface area contributed by atoms with Gasteiger partial charge in [0.1, 0.15) is 0 Å². The Bertz CT molecular complexity index is 173. The average molecular weight is 228 g/mol. The topological polar surface area (TPSA) is 24.5 Å². The fourth-order valence-corrected chi connectivity index (χ4v) is 2.46. The molecule has 2 unspecified atom stereocenters. The standard InChI is InChI=1S/C13H28N2O/c1-4-12-6-5-7-13(12)14-8-10-16-11-9-15(2)3/h12-14H,4-11H2,1-3H3. The second kappa shape index (κ2) is 8.04. The van der Waals surface area contributed by atoms with Crippen molar-refractivity contribution < 1.29 is 4.74 Å². The minimum atomic E-state index is 0.752. The van der Waals surface area contributed by atoms with E-state index >= 15 is 0 Å². The lowest BCUT2D eigenvalue weighted by atomic mass is 10.0. The van der Waals surface area contributed by atoms with Gasteiger partial charge in [-0.2, -0.15) is 0 Å². The van der Waals surface area contributed by atoms with Crippen LogP contribution in [0.5, 0.6) is 0 Å². The summed E-state index contributed by atoms with van der Waals surface area (Å²) in [5, 5.41) is 3.63. The van der Waals surface area contributed by atoms with E-state index < -0.39 is 0 Å². The summed E-state index contributed by atoms with van der Waals surface area (Å²) in [5.41, 5.74) is 0. The van der Waals surface area contributed by atoms with Gasteiger partial charge < -0.3 is 15.0 Å². The summed E-state index contributed by atoms with van der Waals surface area (Å²) >= 11 is 0. The summed E-state index contributed by atoms with van der Waals surface area (Å²) in [5.74, 6) is 0.904. The van der Waals surface area contributed by atoms with Gasteiger partial charge >= 0.3 is 0 Å². The predicted molar refractivity (Wildman–Crippen MR) is 68.8 cm³/mol. The van der Waals surface area contributed by atoms with Gasteiger partial charge in [0.25, 0.3) is 0 Å². The van der Waals surface area contributed by atoms with E-state index in [1.807, 2.05) is 0 Å². The van der Waals surface area contributed by atoms with Crippen LogP contribution in [0.2, 0.25) is 0 Å². The van der Waals surface area contributed by atoms with Gasteiger partial charge in [-0.3, -0.25) is 0 Å². The van der Waals surface area contributed by atoms with Gasteiger partial charge in [-0.15, -0.1) is 0 Å². The first-order chi connectivity index (χ1) is 7.74. The van der Waals surface area contributed by atoms with Crippen LogP contribution in [0.15, 0.2) is 0 Å². The van der Waals surface area contributed by atoms with Gasteiger partial charge in [-0.25, -0.2) is 0 Å². The highest BCUT2D eigenvalue weighted by Crippen LogP contribution is 2.27. The summed E-state index contributed by atoms with van der Waals surface area (Å²) in [6.45, 7) is 6.02. The average Bonchev–Trinajstić information content (AvgIpc) is 2.70. The molecule has 1 fully saturated rings. The van der Waals surface area contributed by atoms with Crippen LogP contribution in [-0.2, 0) is 4.74 Å². The van der Waals surface area contributed by atoms with Crippen molar-refractivity contribution in [2.75, 3.05) is 40.4 Å². The number of rotatable bonds is 8. The molecule has 1 aliphatic rings. The third-order valence-electron chi connectivity index (χ3n) is 3.52. The van der Waals surface area contributed by atoms with Crippen LogP contribution in [0, 0.1) is 5.92 Å². The number of nitrogens with zero attached hydrogens (tertiary/aromatic N) is 1. The largest absolute Gasteiger partial charge is 0.379 e. The van der Waals surface area contributed by atoms with Crippen molar-refractivity contribution in [3.05, 3.63) is 0 Å². The van der Waals surface area contributed by atoms with E-state index in [0.717, 1.165) is 38.3 Å². The molecule has 0 aromatic carbocycles. The third-order valence-corrected chi connectivity index (χ3v) is 3.52. The summed E-state index contributed by atoms with van der Waals surface area (Å²) in [7, 11) is 4.15. The Morgan fingerprint density at radius 3 is 2.75 bits per heavy atom. The van der Waals surface area contributed by atoms with Gasteiger partial charge in [-0.05, 0) is 32.9 Å². The van der Waals surface area contributed by atoms with Gasteiger partial charge in [-0.1, -0.05) is 19.8 Å². The highest BCUT2D eigenvalue weighted by atomic mass is 16.5. The Balaban J connectivity index is 1.94. The van der Waals surface area contributed by atoms with Crippen LogP contribution >= 0.6 is 0 Å². The maximum absolute atomic E-state index is 5.57. The van der Waals surface area contributed by atoms with Gasteiger partial charge in [0.05, 0.1) is 13.2 Å². The molecular formula is C13H28N2O. The van der Waals surface area contributed by atoms with E-state index in [0.29, 0.717) is 0 Å². The zero-order chi connectivity index (χ0) is 11.8. The third kappa shape index (κ3) is 5.28. The van der Waals surface area contributed by atoms with Gasteiger partial charge in [0.2, 0.25) is 0 Å². The molecule has 0 aromatic rings. The van der Waals surface area contributed by atoms with Crippen LogP contribution in [-0.4, -0.2) is 51.3 Å². The zero-order valence-corrected chi connectivity index (χ0v) is 11.2. The lowest BCUT2D eigenvalue weighted by Crippen LogP contribution is -2.34. The molecule has 0 spiro atoms. The van der Waals surface area contributed by atoms with Crippen molar-refractivity contribution in [2.45, 2.75) is 38.6 Å². The molecule has 0 radical (unpaired) electrons. The monoisotopic (exact) mass is 228 g/mol. The first-order valence-electron chi connectivity index (χ1n) is 6.70. The van der Waals surface area contributed by atoms with Gasteiger partial charge in [0.15, 0.2) is 0 Å². The number of likely N-dealkylation sites (N-methyl/N-ethyl adjacent to an activating group) is 1. The van der Waals surface area contributed by atoms with E-state index in [9.17, 15) is 0 Å². The lowest BCUT2D eigenvalue weighted by molar-refractivity contribution is 0.116. The fraction of sp³-hybridized carbons (Fsp3) is 1.00. The number of hydrogen-bond acceptors (Lipinski definition) is 3. The Hall–Kier alpha value is -0.120. The maximum atomic E-state index is 5.57. The second-order valence-electron chi connectivity index (χ2n) is 5.08. The van der Waals surface area contributed by atoms with Crippen molar-refractivity contribution in [1.82, 2.24) is 10.2 Å². The highest BCUT2D eigenvalue weighted by molar-refractivity contribution is 4.81. The molecule has 3 heteroatoms. The minimum absolute atomic E-state index is 0.752. The molecule has 3 nitrogen and oxygen atoms in total. The zero-order valence-electron chi connectivity index (χ0n) is 11.2. The highest BCUT2D eigenvalue weighted by Gasteiger charge is 2.24. The number of nitrogens with one attached hydrogen (secondary N) is 1. The Kier molecular flexibility index (Phi) is 7.01. The molecular weight excluding hydrogens is 200 g/mol. The molecule has 1 aliphatic carbocycles. The molecule has 0 aliphatic heterocycles. The van der Waals surface area contributed by atoms with Crippen molar-refractivity contribution in [3.63, 3.8) is 0 Å². The smallest absolute Gasteiger partial charge is 0.0593 e. The molecule has 1 rings (SSSR count). The summed E-state index contributed by atoms with van der Waals surface area (Å²) in [6, 6.07) is 0.752. The fourth-order valence-electron chi connectivity index (χ4n) is 2.46. The Labute approximate surface area is 101 Å². The first-order valence-corrected chi connectivity index (χ1v) is 6.70. The SMILES string of the molecule is CCC1CCCC1NCCOCCN(C)C. The van der Waals surface area contributed by atoms with Gasteiger partial charge in [0, 0.05) is 19.1 Å². The van der Waals surface area contributed by atoms with Crippen molar-refractivity contribution in [3.8, 4) is 0 Å². The van der Waals surface area contributed by atoms with Crippen LogP contribution in [0.4, 0.5) is 0 Å². The Morgan fingerprint density at radius 1 is 1.25 bits per heavy atom. The van der Waals surface area contributed by atoms with Crippen molar-refractivity contribution >= 4 is 0 Å². The van der Waals surface area contributed by atoms with E-state index in [1.54, 1.807) is 0 Å². The number of hydrogen-bond donors (Lipinski definition) is 1.